The molecule has 0 radical (unpaired) electrons. The van der Waals surface area contributed by atoms with Crippen molar-refractivity contribution in [1.82, 2.24) is 10.1 Å². The van der Waals surface area contributed by atoms with Gasteiger partial charge in [0.25, 0.3) is 0 Å². The fraction of sp³-hybridized carbons (Fsp3) is 0.857. The molecular weight excluding hydrogens is 242 g/mol. The lowest BCUT2D eigenvalue weighted by Gasteiger charge is -2.37. The van der Waals surface area contributed by atoms with E-state index in [9.17, 15) is 0 Å². The van der Waals surface area contributed by atoms with E-state index in [0.717, 1.165) is 32.1 Å². The Bertz CT molecular complexity index is 394. The standard InChI is InChI=1S/C14H25N3O2/c1-10(2)7-11(9-15)8-12-16-13(17-19-12)14(18-3)5-4-6-14/h10-11H,4-9,15H2,1-3H3. The fourth-order valence-electron chi connectivity index (χ4n) is 2.72. The van der Waals surface area contributed by atoms with Crippen molar-refractivity contribution in [3.05, 3.63) is 11.7 Å². The van der Waals surface area contributed by atoms with Crippen LogP contribution in [0.2, 0.25) is 0 Å². The zero-order chi connectivity index (χ0) is 13.9. The highest BCUT2D eigenvalue weighted by atomic mass is 16.5. The minimum Gasteiger partial charge on any atom is -0.370 e. The van der Waals surface area contributed by atoms with Crippen LogP contribution in [0.5, 0.6) is 0 Å². The maximum atomic E-state index is 5.81. The highest BCUT2D eigenvalue weighted by Crippen LogP contribution is 2.42. The van der Waals surface area contributed by atoms with Crippen LogP contribution in [0.1, 0.15) is 51.2 Å². The predicted octanol–water partition coefficient (Wildman–Crippen LogP) is 2.26. The van der Waals surface area contributed by atoms with Gasteiger partial charge in [0.2, 0.25) is 11.7 Å². The highest BCUT2D eigenvalue weighted by Gasteiger charge is 2.43. The van der Waals surface area contributed by atoms with Crippen LogP contribution < -0.4 is 5.73 Å². The fourth-order valence-corrected chi connectivity index (χ4v) is 2.72. The van der Waals surface area contributed by atoms with E-state index < -0.39 is 0 Å². The Labute approximate surface area is 114 Å². The van der Waals surface area contributed by atoms with Gasteiger partial charge in [-0.15, -0.1) is 0 Å². The summed E-state index contributed by atoms with van der Waals surface area (Å²) in [6.07, 6.45) is 4.98. The molecule has 0 amide bonds. The van der Waals surface area contributed by atoms with E-state index >= 15 is 0 Å². The molecule has 1 aromatic heterocycles. The average Bonchev–Trinajstić information content (AvgIpc) is 2.76. The average molecular weight is 267 g/mol. The molecule has 0 bridgehead atoms. The van der Waals surface area contributed by atoms with Crippen molar-refractivity contribution < 1.29 is 9.26 Å². The van der Waals surface area contributed by atoms with Gasteiger partial charge in [-0.3, -0.25) is 0 Å². The van der Waals surface area contributed by atoms with Gasteiger partial charge in [0, 0.05) is 13.5 Å². The van der Waals surface area contributed by atoms with Crippen LogP contribution >= 0.6 is 0 Å². The Morgan fingerprint density at radius 3 is 2.63 bits per heavy atom. The Hall–Kier alpha value is -0.940. The smallest absolute Gasteiger partial charge is 0.227 e. The van der Waals surface area contributed by atoms with E-state index in [1.165, 1.54) is 0 Å². The monoisotopic (exact) mass is 267 g/mol. The van der Waals surface area contributed by atoms with Gasteiger partial charge >= 0.3 is 0 Å². The van der Waals surface area contributed by atoms with Gasteiger partial charge in [-0.25, -0.2) is 0 Å². The maximum absolute atomic E-state index is 5.81. The van der Waals surface area contributed by atoms with Crippen molar-refractivity contribution in [1.29, 1.82) is 0 Å². The van der Waals surface area contributed by atoms with Gasteiger partial charge in [0.1, 0.15) is 5.60 Å². The van der Waals surface area contributed by atoms with E-state index in [4.69, 9.17) is 15.0 Å². The number of methoxy groups -OCH3 is 1. The zero-order valence-electron chi connectivity index (χ0n) is 12.2. The molecule has 1 heterocycles. The number of hydrogen-bond acceptors (Lipinski definition) is 5. The van der Waals surface area contributed by atoms with E-state index in [0.29, 0.717) is 30.1 Å². The summed E-state index contributed by atoms with van der Waals surface area (Å²) in [5.74, 6) is 2.44. The van der Waals surface area contributed by atoms with Crippen LogP contribution in [-0.4, -0.2) is 23.8 Å². The Morgan fingerprint density at radius 2 is 2.16 bits per heavy atom. The lowest BCUT2D eigenvalue weighted by molar-refractivity contribution is -0.0858. The molecule has 1 aliphatic rings. The number of aromatic nitrogens is 2. The molecule has 108 valence electrons. The maximum Gasteiger partial charge on any atom is 0.227 e. The van der Waals surface area contributed by atoms with Crippen LogP contribution in [0.3, 0.4) is 0 Å². The van der Waals surface area contributed by atoms with Crippen molar-refractivity contribution >= 4 is 0 Å². The SMILES string of the molecule is COC1(c2noc(CC(CN)CC(C)C)n2)CCC1. The second kappa shape index (κ2) is 6.01. The Morgan fingerprint density at radius 1 is 1.42 bits per heavy atom. The molecule has 1 unspecified atom stereocenters. The van der Waals surface area contributed by atoms with Crippen molar-refractivity contribution in [3.8, 4) is 0 Å². The van der Waals surface area contributed by atoms with Gasteiger partial charge in [0.05, 0.1) is 0 Å². The van der Waals surface area contributed by atoms with E-state index in [-0.39, 0.29) is 5.60 Å². The third-order valence-corrected chi connectivity index (χ3v) is 4.03. The normalized spacial score (nSPS) is 19.4. The van der Waals surface area contributed by atoms with Crippen LogP contribution in [0, 0.1) is 11.8 Å². The first-order chi connectivity index (χ1) is 9.09. The molecule has 5 heteroatoms. The molecule has 19 heavy (non-hydrogen) atoms. The van der Waals surface area contributed by atoms with Gasteiger partial charge in [-0.05, 0) is 44.1 Å². The second-order valence-electron chi connectivity index (χ2n) is 6.00. The molecule has 1 aromatic rings. The lowest BCUT2D eigenvalue weighted by Crippen LogP contribution is -2.37. The summed E-state index contributed by atoms with van der Waals surface area (Å²) < 4.78 is 10.9. The molecule has 1 atom stereocenters. The quantitative estimate of drug-likeness (QED) is 0.820. The molecular formula is C14H25N3O2. The van der Waals surface area contributed by atoms with Crippen LogP contribution in [0.25, 0.3) is 0 Å². The first kappa shape index (κ1) is 14.5. The van der Waals surface area contributed by atoms with Crippen LogP contribution in [0.4, 0.5) is 0 Å². The lowest BCUT2D eigenvalue weighted by atomic mass is 9.79. The molecule has 0 aliphatic heterocycles. The summed E-state index contributed by atoms with van der Waals surface area (Å²) in [6.45, 7) is 5.07. The number of nitrogens with two attached hydrogens (primary N) is 1. The molecule has 1 saturated carbocycles. The third kappa shape index (κ3) is 3.15. The first-order valence-electron chi connectivity index (χ1n) is 7.18. The Kier molecular flexibility index (Phi) is 4.58. The van der Waals surface area contributed by atoms with Gasteiger partial charge in [-0.1, -0.05) is 19.0 Å². The molecule has 0 saturated heterocycles. The highest BCUT2D eigenvalue weighted by molar-refractivity contribution is 5.06. The first-order valence-corrected chi connectivity index (χ1v) is 7.18. The van der Waals surface area contributed by atoms with E-state index in [2.05, 4.69) is 24.0 Å². The van der Waals surface area contributed by atoms with Gasteiger partial charge < -0.3 is 15.0 Å². The molecule has 0 aromatic carbocycles. The number of nitrogens with zero attached hydrogens (tertiary/aromatic N) is 2. The summed E-state index contributed by atoms with van der Waals surface area (Å²) in [6, 6.07) is 0. The van der Waals surface area contributed by atoms with Crippen molar-refractivity contribution in [2.75, 3.05) is 13.7 Å². The van der Waals surface area contributed by atoms with Crippen molar-refractivity contribution in [3.63, 3.8) is 0 Å². The largest absolute Gasteiger partial charge is 0.370 e. The third-order valence-electron chi connectivity index (χ3n) is 4.03. The summed E-state index contributed by atoms with van der Waals surface area (Å²) in [5.41, 5.74) is 5.52. The summed E-state index contributed by atoms with van der Waals surface area (Å²) >= 11 is 0. The molecule has 0 spiro atoms. The van der Waals surface area contributed by atoms with Crippen molar-refractivity contribution in [2.45, 2.75) is 51.6 Å². The van der Waals surface area contributed by atoms with E-state index in [1.807, 2.05) is 0 Å². The number of hydrogen-bond donors (Lipinski definition) is 1. The molecule has 2 N–H and O–H groups in total. The minimum absolute atomic E-state index is 0.294. The van der Waals surface area contributed by atoms with Gasteiger partial charge in [0.15, 0.2) is 0 Å². The molecule has 1 aliphatic carbocycles. The number of rotatable bonds is 7. The zero-order valence-corrected chi connectivity index (χ0v) is 12.2. The van der Waals surface area contributed by atoms with Crippen molar-refractivity contribution in [2.24, 2.45) is 17.6 Å². The Balaban J connectivity index is 2.00. The van der Waals surface area contributed by atoms with E-state index in [1.54, 1.807) is 7.11 Å². The minimum atomic E-state index is -0.294. The molecule has 5 nitrogen and oxygen atoms in total. The molecule has 1 fully saturated rings. The summed E-state index contributed by atoms with van der Waals surface area (Å²) in [7, 11) is 1.72. The van der Waals surface area contributed by atoms with Crippen LogP contribution in [-0.2, 0) is 16.8 Å². The number of ether oxygens (including phenoxy) is 1. The van der Waals surface area contributed by atoms with Gasteiger partial charge in [-0.2, -0.15) is 4.98 Å². The summed E-state index contributed by atoms with van der Waals surface area (Å²) in [4.78, 5) is 4.51. The topological polar surface area (TPSA) is 74.2 Å². The predicted molar refractivity (Wildman–Crippen MR) is 72.5 cm³/mol. The summed E-state index contributed by atoms with van der Waals surface area (Å²) in [5, 5.41) is 4.10. The second-order valence-corrected chi connectivity index (χ2v) is 6.00. The molecule has 2 rings (SSSR count). The van der Waals surface area contributed by atoms with Crippen LogP contribution in [0.15, 0.2) is 4.52 Å².